The van der Waals surface area contributed by atoms with Crippen molar-refractivity contribution >= 4 is 6.09 Å². The van der Waals surface area contributed by atoms with Gasteiger partial charge in [0.1, 0.15) is 5.60 Å². The van der Waals surface area contributed by atoms with Gasteiger partial charge in [-0.15, -0.1) is 0 Å². The van der Waals surface area contributed by atoms with E-state index in [1.165, 1.54) is 11.1 Å². The number of fused-ring (bicyclic) bond motifs is 1. The van der Waals surface area contributed by atoms with E-state index >= 15 is 0 Å². The lowest BCUT2D eigenvalue weighted by Gasteiger charge is -2.47. The Morgan fingerprint density at radius 2 is 1.53 bits per heavy atom. The number of carbonyl (C=O) groups is 1. The summed E-state index contributed by atoms with van der Waals surface area (Å²) in [6.45, 7) is 7.93. The standard InChI is InChI=1S/C25H33N3O2/c1-25(2,3)30-24(29)27-16-21-14-20(26)15-28(21)22(17-27)23(18-10-6-4-7-11-18)19-12-8-5-9-13-19/h4-13,20-23H,14-17,26H2,1-3H3/t20-,21+,22+/m1/s1. The number of ether oxygens (including phenoxy) is 1. The lowest BCUT2D eigenvalue weighted by Crippen LogP contribution is -2.60. The molecule has 5 heteroatoms. The molecule has 0 bridgehead atoms. The first kappa shape index (κ1) is 20.9. The molecule has 0 spiro atoms. The molecule has 30 heavy (non-hydrogen) atoms. The second-order valence-electron chi connectivity index (χ2n) is 9.60. The van der Waals surface area contributed by atoms with Crippen LogP contribution in [0.25, 0.3) is 0 Å². The molecular weight excluding hydrogens is 374 g/mol. The number of nitrogens with zero attached hydrogens (tertiary/aromatic N) is 2. The van der Waals surface area contributed by atoms with Crippen molar-refractivity contribution in [3.63, 3.8) is 0 Å². The van der Waals surface area contributed by atoms with Crippen LogP contribution in [0.1, 0.15) is 44.2 Å². The second-order valence-corrected chi connectivity index (χ2v) is 9.60. The summed E-state index contributed by atoms with van der Waals surface area (Å²) < 4.78 is 5.73. The zero-order valence-electron chi connectivity index (χ0n) is 18.2. The van der Waals surface area contributed by atoms with Crippen molar-refractivity contribution in [3.8, 4) is 0 Å². The molecule has 1 amide bonds. The Bertz CT molecular complexity index is 810. The van der Waals surface area contributed by atoms with Crippen molar-refractivity contribution in [2.75, 3.05) is 19.6 Å². The van der Waals surface area contributed by atoms with E-state index in [0.29, 0.717) is 13.1 Å². The minimum Gasteiger partial charge on any atom is -0.444 e. The molecule has 0 saturated carbocycles. The van der Waals surface area contributed by atoms with E-state index in [9.17, 15) is 4.79 Å². The summed E-state index contributed by atoms with van der Waals surface area (Å²) in [6, 6.07) is 21.8. The summed E-state index contributed by atoms with van der Waals surface area (Å²) in [5.74, 6) is 0.158. The third kappa shape index (κ3) is 4.52. The topological polar surface area (TPSA) is 58.8 Å². The van der Waals surface area contributed by atoms with Gasteiger partial charge in [0.15, 0.2) is 0 Å². The Kier molecular flexibility index (Phi) is 5.85. The molecule has 4 rings (SSSR count). The van der Waals surface area contributed by atoms with E-state index in [1.54, 1.807) is 0 Å². The van der Waals surface area contributed by atoms with E-state index in [-0.39, 0.29) is 30.1 Å². The predicted molar refractivity (Wildman–Crippen MR) is 119 cm³/mol. The molecule has 0 aromatic heterocycles. The van der Waals surface area contributed by atoms with Gasteiger partial charge in [-0.3, -0.25) is 4.90 Å². The first-order valence-electron chi connectivity index (χ1n) is 10.9. The summed E-state index contributed by atoms with van der Waals surface area (Å²) in [7, 11) is 0. The molecule has 2 aromatic rings. The molecule has 2 aromatic carbocycles. The van der Waals surface area contributed by atoms with Crippen molar-refractivity contribution in [1.82, 2.24) is 9.80 Å². The number of carbonyl (C=O) groups excluding carboxylic acids is 1. The summed E-state index contributed by atoms with van der Waals surface area (Å²) in [5, 5.41) is 0. The third-order valence-electron chi connectivity index (χ3n) is 6.11. The van der Waals surface area contributed by atoms with Gasteiger partial charge in [-0.05, 0) is 38.3 Å². The van der Waals surface area contributed by atoms with Crippen LogP contribution in [0.15, 0.2) is 60.7 Å². The van der Waals surface area contributed by atoms with Crippen LogP contribution in [0, 0.1) is 0 Å². The minimum absolute atomic E-state index is 0.142. The largest absolute Gasteiger partial charge is 0.444 e. The number of nitrogens with two attached hydrogens (primary N) is 1. The lowest BCUT2D eigenvalue weighted by atomic mass is 9.82. The molecule has 0 unspecified atom stereocenters. The molecule has 5 nitrogen and oxygen atoms in total. The molecule has 160 valence electrons. The van der Waals surface area contributed by atoms with Crippen molar-refractivity contribution in [2.45, 2.75) is 56.8 Å². The van der Waals surface area contributed by atoms with Crippen LogP contribution in [-0.4, -0.2) is 59.3 Å². The first-order valence-corrected chi connectivity index (χ1v) is 10.9. The van der Waals surface area contributed by atoms with Gasteiger partial charge < -0.3 is 15.4 Å². The van der Waals surface area contributed by atoms with Crippen LogP contribution in [0.5, 0.6) is 0 Å². The highest BCUT2D eigenvalue weighted by atomic mass is 16.6. The van der Waals surface area contributed by atoms with Crippen LogP contribution in [0.4, 0.5) is 4.79 Å². The zero-order chi connectivity index (χ0) is 21.3. The summed E-state index contributed by atoms with van der Waals surface area (Å²) in [5.41, 5.74) is 8.40. The number of amides is 1. The minimum atomic E-state index is -0.506. The molecule has 3 atom stereocenters. The van der Waals surface area contributed by atoms with Gasteiger partial charge in [0.2, 0.25) is 0 Å². The maximum Gasteiger partial charge on any atom is 0.410 e. The smallest absolute Gasteiger partial charge is 0.410 e. The highest BCUT2D eigenvalue weighted by Crippen LogP contribution is 2.37. The summed E-state index contributed by atoms with van der Waals surface area (Å²) >= 11 is 0. The zero-order valence-corrected chi connectivity index (χ0v) is 18.2. The van der Waals surface area contributed by atoms with E-state index < -0.39 is 5.60 Å². The van der Waals surface area contributed by atoms with Crippen LogP contribution in [0.3, 0.4) is 0 Å². The molecule has 2 saturated heterocycles. The summed E-state index contributed by atoms with van der Waals surface area (Å²) in [4.78, 5) is 17.4. The van der Waals surface area contributed by atoms with Crippen molar-refractivity contribution in [1.29, 1.82) is 0 Å². The highest BCUT2D eigenvalue weighted by molar-refractivity contribution is 5.68. The van der Waals surface area contributed by atoms with Crippen LogP contribution >= 0.6 is 0 Å². The molecule has 2 aliphatic heterocycles. The number of hydrogen-bond donors (Lipinski definition) is 1. The fraction of sp³-hybridized carbons (Fsp3) is 0.480. The van der Waals surface area contributed by atoms with Crippen molar-refractivity contribution < 1.29 is 9.53 Å². The molecule has 2 heterocycles. The quantitative estimate of drug-likeness (QED) is 0.840. The SMILES string of the molecule is CC(C)(C)OC(=O)N1C[C@@H]2C[C@@H](N)CN2[C@H](C(c2ccccc2)c2ccccc2)C1. The third-order valence-corrected chi connectivity index (χ3v) is 6.11. The molecule has 0 radical (unpaired) electrons. The number of benzene rings is 2. The Labute approximate surface area is 179 Å². The second kappa shape index (κ2) is 8.40. The number of hydrogen-bond acceptors (Lipinski definition) is 4. The van der Waals surface area contributed by atoms with Gasteiger partial charge in [-0.25, -0.2) is 4.79 Å². The molecule has 2 aliphatic rings. The number of piperazine rings is 1. The molecular formula is C25H33N3O2. The maximum absolute atomic E-state index is 13.0. The first-order chi connectivity index (χ1) is 14.3. The maximum atomic E-state index is 13.0. The molecule has 2 N–H and O–H groups in total. The fourth-order valence-corrected chi connectivity index (χ4v) is 4.95. The van der Waals surface area contributed by atoms with Crippen molar-refractivity contribution in [2.24, 2.45) is 5.73 Å². The highest BCUT2D eigenvalue weighted by Gasteiger charge is 2.45. The average molecular weight is 408 g/mol. The van der Waals surface area contributed by atoms with E-state index in [2.05, 4.69) is 53.4 Å². The van der Waals surface area contributed by atoms with Gasteiger partial charge >= 0.3 is 6.09 Å². The molecule has 0 aliphatic carbocycles. The predicted octanol–water partition coefficient (Wildman–Crippen LogP) is 3.84. The van der Waals surface area contributed by atoms with Crippen LogP contribution < -0.4 is 5.73 Å². The Morgan fingerprint density at radius 1 is 0.967 bits per heavy atom. The van der Waals surface area contributed by atoms with Gasteiger partial charge in [0.25, 0.3) is 0 Å². The van der Waals surface area contributed by atoms with E-state index in [1.807, 2.05) is 37.8 Å². The number of rotatable bonds is 3. The molecule has 2 fully saturated rings. The Morgan fingerprint density at radius 3 is 2.07 bits per heavy atom. The summed E-state index contributed by atoms with van der Waals surface area (Å²) in [6.07, 6.45) is 0.680. The average Bonchev–Trinajstić information content (AvgIpc) is 3.09. The van der Waals surface area contributed by atoms with E-state index in [0.717, 1.165) is 13.0 Å². The monoisotopic (exact) mass is 407 g/mol. The van der Waals surface area contributed by atoms with Gasteiger partial charge in [0.05, 0.1) is 0 Å². The van der Waals surface area contributed by atoms with Crippen LogP contribution in [0.2, 0.25) is 0 Å². The normalized spacial score (nSPS) is 24.7. The van der Waals surface area contributed by atoms with Crippen molar-refractivity contribution in [3.05, 3.63) is 71.8 Å². The Hall–Kier alpha value is -2.37. The van der Waals surface area contributed by atoms with Crippen LogP contribution in [-0.2, 0) is 4.74 Å². The van der Waals surface area contributed by atoms with Gasteiger partial charge in [-0.1, -0.05) is 60.7 Å². The Balaban J connectivity index is 1.71. The lowest BCUT2D eigenvalue weighted by molar-refractivity contribution is -0.00662. The fourth-order valence-electron chi connectivity index (χ4n) is 4.95. The van der Waals surface area contributed by atoms with Gasteiger partial charge in [-0.2, -0.15) is 0 Å². The van der Waals surface area contributed by atoms with E-state index in [4.69, 9.17) is 10.5 Å². The van der Waals surface area contributed by atoms with Gasteiger partial charge in [0, 0.05) is 43.7 Å².